The normalized spacial score (nSPS) is 29.9. The van der Waals surface area contributed by atoms with Crippen LogP contribution in [0.15, 0.2) is 72.4 Å². The van der Waals surface area contributed by atoms with Crippen molar-refractivity contribution in [2.45, 2.75) is 77.1 Å². The molecule has 192 valence electrons. The maximum Gasteiger partial charge on any atom is 0.329 e. The summed E-state index contributed by atoms with van der Waals surface area (Å²) in [4.78, 5) is 11.9. The minimum absolute atomic E-state index is 0.0302. The number of fused-ring (bicyclic) bond motifs is 1. The van der Waals surface area contributed by atoms with Crippen LogP contribution in [-0.2, 0) is 9.22 Å². The molecule has 5 nitrogen and oxygen atoms in total. The second kappa shape index (κ2) is 8.86. The molecule has 1 aliphatic heterocycles. The molecule has 2 aliphatic carbocycles. The molecule has 2 saturated carbocycles. The third kappa shape index (κ3) is 4.03. The predicted molar refractivity (Wildman–Crippen MR) is 146 cm³/mol. The first-order valence-corrected chi connectivity index (χ1v) is 15.2. The lowest BCUT2D eigenvalue weighted by molar-refractivity contribution is -0.143. The molecule has 1 heterocycles. The van der Waals surface area contributed by atoms with Crippen LogP contribution in [-0.4, -0.2) is 42.1 Å². The van der Waals surface area contributed by atoms with Gasteiger partial charge < -0.3 is 14.5 Å². The highest BCUT2D eigenvalue weighted by molar-refractivity contribution is 6.99. The Morgan fingerprint density at radius 3 is 1.94 bits per heavy atom. The van der Waals surface area contributed by atoms with Crippen LogP contribution in [0.2, 0.25) is 5.04 Å². The van der Waals surface area contributed by atoms with Crippen molar-refractivity contribution in [3.63, 3.8) is 0 Å². The van der Waals surface area contributed by atoms with Crippen LogP contribution in [0, 0.1) is 17.8 Å². The molecule has 0 bridgehead atoms. The molecule has 6 heteroatoms. The standard InChI is InChI=1S/C30H40N2O3Si/c1-20(2)32-26(19-30(6,31-32)28(33)34)27-24-17-21(18-25(24)27)35-36(29(3,4)5,22-13-9-7-10-14-22)23-15-11-8-12-16-23/h7-16,19-21,24-25,27,31H,17-18H2,1-6H3,(H,33,34). The molecule has 2 fully saturated rings. The van der Waals surface area contributed by atoms with Gasteiger partial charge in [0.15, 0.2) is 5.54 Å². The monoisotopic (exact) mass is 504 g/mol. The lowest BCUT2D eigenvalue weighted by Crippen LogP contribution is -2.67. The lowest BCUT2D eigenvalue weighted by Gasteiger charge is -2.45. The Hall–Kier alpha value is -2.41. The van der Waals surface area contributed by atoms with Gasteiger partial charge in [-0.1, -0.05) is 81.4 Å². The van der Waals surface area contributed by atoms with Crippen molar-refractivity contribution < 1.29 is 14.3 Å². The van der Waals surface area contributed by atoms with E-state index in [1.807, 2.05) is 6.08 Å². The van der Waals surface area contributed by atoms with Crippen molar-refractivity contribution in [2.75, 3.05) is 0 Å². The number of carboxylic acids is 1. The summed E-state index contributed by atoms with van der Waals surface area (Å²) in [6.07, 6.45) is 4.24. The second-order valence-corrected chi connectivity index (χ2v) is 16.6. The van der Waals surface area contributed by atoms with E-state index in [0.29, 0.717) is 17.8 Å². The van der Waals surface area contributed by atoms with Crippen LogP contribution < -0.4 is 15.8 Å². The Morgan fingerprint density at radius 2 is 1.53 bits per heavy atom. The number of hydrogen-bond acceptors (Lipinski definition) is 4. The summed E-state index contributed by atoms with van der Waals surface area (Å²) in [6, 6.07) is 21.9. The summed E-state index contributed by atoms with van der Waals surface area (Å²) in [5.41, 5.74) is 3.38. The van der Waals surface area contributed by atoms with Crippen LogP contribution in [0.5, 0.6) is 0 Å². The summed E-state index contributed by atoms with van der Waals surface area (Å²) in [5.74, 6) is 0.694. The highest BCUT2D eigenvalue weighted by Crippen LogP contribution is 2.63. The molecule has 2 N–H and O–H groups in total. The highest BCUT2D eigenvalue weighted by Gasteiger charge is 2.62. The minimum atomic E-state index is -2.56. The van der Waals surface area contributed by atoms with Crippen molar-refractivity contribution in [1.82, 2.24) is 10.4 Å². The molecular formula is C30H40N2O3Si. The Labute approximate surface area is 216 Å². The van der Waals surface area contributed by atoms with Crippen LogP contribution in [0.25, 0.3) is 0 Å². The molecular weight excluding hydrogens is 464 g/mol. The largest absolute Gasteiger partial charge is 0.480 e. The van der Waals surface area contributed by atoms with Gasteiger partial charge in [0, 0.05) is 23.8 Å². The van der Waals surface area contributed by atoms with E-state index in [1.165, 1.54) is 10.4 Å². The van der Waals surface area contributed by atoms with E-state index in [1.54, 1.807) is 6.92 Å². The fourth-order valence-corrected chi connectivity index (χ4v) is 11.5. The van der Waals surface area contributed by atoms with Gasteiger partial charge in [-0.3, -0.25) is 0 Å². The molecule has 0 amide bonds. The van der Waals surface area contributed by atoms with Crippen molar-refractivity contribution in [1.29, 1.82) is 0 Å². The molecule has 0 spiro atoms. The number of carboxylic acid groups (broad SMARTS) is 1. The van der Waals surface area contributed by atoms with Crippen molar-refractivity contribution in [2.24, 2.45) is 17.8 Å². The zero-order valence-electron chi connectivity index (χ0n) is 22.4. The number of hydrazine groups is 1. The predicted octanol–water partition coefficient (Wildman–Crippen LogP) is 4.54. The van der Waals surface area contributed by atoms with E-state index in [9.17, 15) is 9.90 Å². The van der Waals surface area contributed by atoms with E-state index < -0.39 is 19.8 Å². The minimum Gasteiger partial charge on any atom is -0.480 e. The summed E-state index contributed by atoms with van der Waals surface area (Å²) >= 11 is 0. The van der Waals surface area contributed by atoms with Gasteiger partial charge in [-0.25, -0.2) is 10.2 Å². The molecule has 0 radical (unpaired) electrons. The summed E-state index contributed by atoms with van der Waals surface area (Å²) < 4.78 is 7.40. The number of nitrogens with zero attached hydrogens (tertiary/aromatic N) is 1. The van der Waals surface area contributed by atoms with Crippen LogP contribution in [0.3, 0.4) is 0 Å². The maximum absolute atomic E-state index is 11.9. The number of nitrogens with one attached hydrogen (secondary N) is 1. The van der Waals surface area contributed by atoms with Crippen molar-refractivity contribution in [3.8, 4) is 0 Å². The third-order valence-electron chi connectivity index (χ3n) is 8.53. The van der Waals surface area contributed by atoms with Crippen LogP contribution in [0.1, 0.15) is 54.4 Å². The van der Waals surface area contributed by atoms with E-state index in [-0.39, 0.29) is 17.2 Å². The molecule has 2 aromatic carbocycles. The summed E-state index contributed by atoms with van der Waals surface area (Å²) in [5, 5.41) is 14.5. The summed E-state index contributed by atoms with van der Waals surface area (Å²) in [7, 11) is -2.56. The van der Waals surface area contributed by atoms with Gasteiger partial charge >= 0.3 is 5.97 Å². The lowest BCUT2D eigenvalue weighted by atomic mass is 10.00. The zero-order chi connectivity index (χ0) is 25.9. The Balaban J connectivity index is 1.42. The first-order chi connectivity index (χ1) is 17.0. The van der Waals surface area contributed by atoms with Crippen LogP contribution in [0.4, 0.5) is 0 Å². The fourth-order valence-electron chi connectivity index (χ4n) is 6.77. The number of aliphatic carboxylic acids is 1. The number of benzene rings is 2. The smallest absolute Gasteiger partial charge is 0.329 e. The van der Waals surface area contributed by atoms with Gasteiger partial charge in [0.05, 0.1) is 0 Å². The zero-order valence-corrected chi connectivity index (χ0v) is 23.4. The third-order valence-corrected chi connectivity index (χ3v) is 13.6. The first-order valence-electron chi connectivity index (χ1n) is 13.3. The van der Waals surface area contributed by atoms with Crippen molar-refractivity contribution >= 4 is 24.7 Å². The van der Waals surface area contributed by atoms with Gasteiger partial charge in [0.1, 0.15) is 0 Å². The molecule has 3 atom stereocenters. The average Bonchev–Trinajstić information content (AvgIpc) is 3.15. The molecule has 0 aromatic heterocycles. The molecule has 3 unspecified atom stereocenters. The maximum atomic E-state index is 11.9. The number of allylic oxidation sites excluding steroid dienone is 1. The van der Waals surface area contributed by atoms with Gasteiger partial charge in [0.2, 0.25) is 0 Å². The van der Waals surface area contributed by atoms with E-state index in [0.717, 1.165) is 18.5 Å². The molecule has 0 saturated heterocycles. The van der Waals surface area contributed by atoms with Crippen LogP contribution >= 0.6 is 0 Å². The Bertz CT molecular complexity index is 1090. The van der Waals surface area contributed by atoms with Gasteiger partial charge in [-0.2, -0.15) is 0 Å². The quantitative estimate of drug-likeness (QED) is 0.542. The van der Waals surface area contributed by atoms with Crippen molar-refractivity contribution in [3.05, 3.63) is 72.4 Å². The number of rotatable bonds is 7. The summed E-state index contributed by atoms with van der Waals surface area (Å²) in [6.45, 7) is 13.0. The van der Waals surface area contributed by atoms with Gasteiger partial charge in [0.25, 0.3) is 8.32 Å². The van der Waals surface area contributed by atoms with E-state index in [2.05, 4.69) is 106 Å². The van der Waals surface area contributed by atoms with Gasteiger partial charge in [-0.05, 0) is 66.9 Å². The Morgan fingerprint density at radius 1 is 1.03 bits per heavy atom. The number of hydrogen-bond donors (Lipinski definition) is 2. The van der Waals surface area contributed by atoms with E-state index in [4.69, 9.17) is 4.43 Å². The molecule has 36 heavy (non-hydrogen) atoms. The topological polar surface area (TPSA) is 61.8 Å². The SMILES string of the molecule is CC(C)N1NC(C)(C(=O)O)C=C1C1C2CC(O[Si](c3ccccc3)(c3ccccc3)C(C)(C)C)CC21. The van der Waals surface area contributed by atoms with E-state index >= 15 is 0 Å². The molecule has 3 aliphatic rings. The average molecular weight is 505 g/mol. The first kappa shape index (κ1) is 25.2. The Kier molecular flexibility index (Phi) is 6.21. The fraction of sp³-hybridized carbons (Fsp3) is 0.500. The number of carbonyl (C=O) groups is 1. The molecule has 5 rings (SSSR count). The molecule has 2 aromatic rings. The second-order valence-electron chi connectivity index (χ2n) is 12.4. The van der Waals surface area contributed by atoms with Gasteiger partial charge in [-0.15, -0.1) is 0 Å². The highest BCUT2D eigenvalue weighted by atomic mass is 28.4.